The van der Waals surface area contributed by atoms with Crippen LogP contribution in [0.25, 0.3) is 0 Å². The van der Waals surface area contributed by atoms with E-state index in [1.807, 2.05) is 36.1 Å². The average molecular weight is 317 g/mol. The van der Waals surface area contributed by atoms with E-state index in [1.54, 1.807) is 9.80 Å². The van der Waals surface area contributed by atoms with Crippen molar-refractivity contribution in [2.75, 3.05) is 37.6 Å². The molecule has 1 aromatic rings. The number of hydrogen-bond acceptors (Lipinski definition) is 2. The number of hydrogen-bond donors (Lipinski definition) is 0. The van der Waals surface area contributed by atoms with Gasteiger partial charge in [0.2, 0.25) is 5.91 Å². The lowest BCUT2D eigenvalue weighted by Gasteiger charge is -2.25. The first-order valence-corrected chi connectivity index (χ1v) is 8.47. The van der Waals surface area contributed by atoms with Crippen molar-refractivity contribution in [3.05, 3.63) is 29.8 Å². The number of amides is 3. The van der Waals surface area contributed by atoms with E-state index in [-0.39, 0.29) is 18.5 Å². The average Bonchev–Trinajstić information content (AvgIpc) is 2.89. The minimum atomic E-state index is -0.0739. The predicted molar refractivity (Wildman–Crippen MR) is 92.7 cm³/mol. The van der Waals surface area contributed by atoms with Crippen LogP contribution in [0.4, 0.5) is 10.5 Å². The quantitative estimate of drug-likeness (QED) is 0.776. The van der Waals surface area contributed by atoms with Crippen LogP contribution in [0, 0.1) is 6.92 Å². The van der Waals surface area contributed by atoms with Gasteiger partial charge in [0.25, 0.3) is 0 Å². The van der Waals surface area contributed by atoms with E-state index < -0.39 is 0 Å². The van der Waals surface area contributed by atoms with Crippen molar-refractivity contribution >= 4 is 17.6 Å². The molecule has 0 radical (unpaired) electrons. The maximum Gasteiger partial charge on any atom is 0.325 e. The smallest absolute Gasteiger partial charge is 0.325 e. The summed E-state index contributed by atoms with van der Waals surface area (Å²) < 4.78 is 0. The zero-order valence-corrected chi connectivity index (χ0v) is 14.4. The molecule has 1 saturated heterocycles. The summed E-state index contributed by atoms with van der Waals surface area (Å²) in [6.07, 6.45) is 1.88. The van der Waals surface area contributed by atoms with Crippen molar-refractivity contribution in [1.82, 2.24) is 9.80 Å². The summed E-state index contributed by atoms with van der Waals surface area (Å²) in [5, 5.41) is 0. The molecule has 2 rings (SSSR count). The van der Waals surface area contributed by atoms with Crippen LogP contribution in [0.5, 0.6) is 0 Å². The third kappa shape index (κ3) is 4.24. The first-order chi connectivity index (χ1) is 11.1. The van der Waals surface area contributed by atoms with Crippen LogP contribution in [0.15, 0.2) is 24.3 Å². The highest BCUT2D eigenvalue weighted by atomic mass is 16.2. The third-order valence-corrected chi connectivity index (χ3v) is 4.11. The minimum absolute atomic E-state index is 0.0489. The molecule has 0 spiro atoms. The van der Waals surface area contributed by atoms with E-state index in [2.05, 4.69) is 13.8 Å². The first-order valence-electron chi connectivity index (χ1n) is 8.47. The normalized spacial score (nSPS) is 14.5. The van der Waals surface area contributed by atoms with Crippen LogP contribution in [-0.2, 0) is 4.79 Å². The molecular weight excluding hydrogens is 290 g/mol. The van der Waals surface area contributed by atoms with Crippen molar-refractivity contribution < 1.29 is 9.59 Å². The summed E-state index contributed by atoms with van der Waals surface area (Å²) in [7, 11) is 0. The Morgan fingerprint density at radius 2 is 1.70 bits per heavy atom. The topological polar surface area (TPSA) is 43.9 Å². The van der Waals surface area contributed by atoms with Gasteiger partial charge in [0.1, 0.15) is 6.54 Å². The number of aryl methyl sites for hydroxylation is 1. The Bertz CT molecular complexity index is 536. The summed E-state index contributed by atoms with van der Waals surface area (Å²) in [6.45, 7) is 9.10. The second-order valence-electron chi connectivity index (χ2n) is 6.07. The number of urea groups is 1. The van der Waals surface area contributed by atoms with Crippen molar-refractivity contribution in [3.63, 3.8) is 0 Å². The van der Waals surface area contributed by atoms with Gasteiger partial charge < -0.3 is 9.80 Å². The number of carbonyl (C=O) groups excluding carboxylic acids is 2. The van der Waals surface area contributed by atoms with Gasteiger partial charge in [-0.25, -0.2) is 4.79 Å². The molecule has 5 nitrogen and oxygen atoms in total. The monoisotopic (exact) mass is 317 g/mol. The molecule has 0 aliphatic carbocycles. The Balaban J connectivity index is 1.98. The molecule has 3 amide bonds. The lowest BCUT2D eigenvalue weighted by molar-refractivity contribution is -0.131. The standard InChI is InChI=1S/C18H27N3O2/c1-4-10-19(11-5-2)17(22)14-20-12-13-21(18(20)23)16-8-6-15(3)7-9-16/h6-9H,4-5,10-14H2,1-3H3. The van der Waals surface area contributed by atoms with E-state index in [9.17, 15) is 9.59 Å². The van der Waals surface area contributed by atoms with Gasteiger partial charge in [-0.05, 0) is 31.9 Å². The van der Waals surface area contributed by atoms with Gasteiger partial charge >= 0.3 is 6.03 Å². The van der Waals surface area contributed by atoms with Crippen LogP contribution in [0.3, 0.4) is 0 Å². The maximum atomic E-state index is 12.5. The molecule has 0 aromatic heterocycles. The molecule has 1 fully saturated rings. The second kappa shape index (κ2) is 7.99. The van der Waals surface area contributed by atoms with Crippen molar-refractivity contribution in [1.29, 1.82) is 0 Å². The van der Waals surface area contributed by atoms with Gasteiger partial charge in [0.15, 0.2) is 0 Å². The number of carbonyl (C=O) groups is 2. The molecule has 23 heavy (non-hydrogen) atoms. The van der Waals surface area contributed by atoms with Crippen LogP contribution < -0.4 is 4.90 Å². The van der Waals surface area contributed by atoms with Gasteiger partial charge in [-0.2, -0.15) is 0 Å². The molecule has 126 valence electrons. The summed E-state index contributed by atoms with van der Waals surface area (Å²) in [5.74, 6) is 0.0489. The summed E-state index contributed by atoms with van der Waals surface area (Å²) in [6, 6.07) is 7.84. The zero-order chi connectivity index (χ0) is 16.8. The van der Waals surface area contributed by atoms with Crippen LogP contribution in [-0.4, -0.2) is 54.5 Å². The van der Waals surface area contributed by atoms with Gasteiger partial charge in [-0.1, -0.05) is 31.5 Å². The van der Waals surface area contributed by atoms with Gasteiger partial charge in [-0.15, -0.1) is 0 Å². The fourth-order valence-electron chi connectivity index (χ4n) is 2.86. The summed E-state index contributed by atoms with van der Waals surface area (Å²) in [5.41, 5.74) is 2.07. The largest absolute Gasteiger partial charge is 0.341 e. The molecule has 0 unspecified atom stereocenters. The fraction of sp³-hybridized carbons (Fsp3) is 0.556. The lowest BCUT2D eigenvalue weighted by Crippen LogP contribution is -2.42. The number of nitrogens with zero attached hydrogens (tertiary/aromatic N) is 3. The third-order valence-electron chi connectivity index (χ3n) is 4.11. The SMILES string of the molecule is CCCN(CCC)C(=O)CN1CCN(c2ccc(C)cc2)C1=O. The Kier molecular flexibility index (Phi) is 6.02. The van der Waals surface area contributed by atoms with E-state index in [4.69, 9.17) is 0 Å². The van der Waals surface area contributed by atoms with E-state index in [0.29, 0.717) is 13.1 Å². The fourth-order valence-corrected chi connectivity index (χ4v) is 2.86. The number of rotatable bonds is 7. The van der Waals surface area contributed by atoms with E-state index in [0.717, 1.165) is 31.6 Å². The molecule has 1 aromatic carbocycles. The van der Waals surface area contributed by atoms with Gasteiger partial charge in [0.05, 0.1) is 0 Å². The van der Waals surface area contributed by atoms with Gasteiger partial charge in [-0.3, -0.25) is 9.69 Å². The lowest BCUT2D eigenvalue weighted by atomic mass is 10.2. The number of benzene rings is 1. The van der Waals surface area contributed by atoms with Crippen molar-refractivity contribution in [2.45, 2.75) is 33.6 Å². The molecule has 1 aliphatic rings. The van der Waals surface area contributed by atoms with E-state index >= 15 is 0 Å². The Morgan fingerprint density at radius 3 is 2.26 bits per heavy atom. The Morgan fingerprint density at radius 1 is 1.09 bits per heavy atom. The highest BCUT2D eigenvalue weighted by Crippen LogP contribution is 2.20. The first kappa shape index (κ1) is 17.3. The minimum Gasteiger partial charge on any atom is -0.341 e. The zero-order valence-electron chi connectivity index (χ0n) is 14.4. The highest BCUT2D eigenvalue weighted by molar-refractivity contribution is 5.96. The molecule has 0 bridgehead atoms. The van der Waals surface area contributed by atoms with Gasteiger partial charge in [0, 0.05) is 31.9 Å². The second-order valence-corrected chi connectivity index (χ2v) is 6.07. The molecular formula is C18H27N3O2. The Hall–Kier alpha value is -2.04. The maximum absolute atomic E-state index is 12.5. The van der Waals surface area contributed by atoms with Crippen LogP contribution in [0.1, 0.15) is 32.3 Å². The molecule has 0 N–H and O–H groups in total. The molecule has 1 heterocycles. The number of anilines is 1. The molecule has 1 aliphatic heterocycles. The van der Waals surface area contributed by atoms with Crippen molar-refractivity contribution in [2.24, 2.45) is 0 Å². The molecule has 5 heteroatoms. The summed E-state index contributed by atoms with van der Waals surface area (Å²) in [4.78, 5) is 30.2. The molecule has 0 atom stereocenters. The predicted octanol–water partition coefficient (Wildman–Crippen LogP) is 2.89. The molecule has 0 saturated carbocycles. The van der Waals surface area contributed by atoms with Crippen LogP contribution in [0.2, 0.25) is 0 Å². The van der Waals surface area contributed by atoms with Crippen LogP contribution >= 0.6 is 0 Å². The van der Waals surface area contributed by atoms with E-state index in [1.165, 1.54) is 5.56 Å². The highest BCUT2D eigenvalue weighted by Gasteiger charge is 2.31. The van der Waals surface area contributed by atoms with Crippen molar-refractivity contribution in [3.8, 4) is 0 Å². The summed E-state index contributed by atoms with van der Waals surface area (Å²) >= 11 is 0. The Labute approximate surface area is 138 Å².